The third-order valence-electron chi connectivity index (χ3n) is 6.12. The third-order valence-corrected chi connectivity index (χ3v) is 6.12. The molecule has 0 aliphatic heterocycles. The fraction of sp³-hybridized carbons (Fsp3) is 0.154. The summed E-state index contributed by atoms with van der Waals surface area (Å²) in [6.45, 7) is 0. The molecule has 1 unspecified atom stereocenters. The van der Waals surface area contributed by atoms with Crippen LogP contribution < -0.4 is 10.9 Å². The lowest BCUT2D eigenvalue weighted by Crippen LogP contribution is -2.27. The van der Waals surface area contributed by atoms with Crippen LogP contribution in [0.15, 0.2) is 90.1 Å². The van der Waals surface area contributed by atoms with Gasteiger partial charge in [-0.2, -0.15) is 10.1 Å². The minimum atomic E-state index is -0.295. The summed E-state index contributed by atoms with van der Waals surface area (Å²) in [7, 11) is 0. The van der Waals surface area contributed by atoms with Crippen molar-refractivity contribution < 1.29 is 4.39 Å². The van der Waals surface area contributed by atoms with Crippen molar-refractivity contribution in [2.45, 2.75) is 18.9 Å². The van der Waals surface area contributed by atoms with Gasteiger partial charge < -0.3 is 5.32 Å². The Morgan fingerprint density at radius 1 is 1.00 bits per heavy atom. The van der Waals surface area contributed by atoms with Crippen LogP contribution in [0.5, 0.6) is 0 Å². The number of nitrogens with zero attached hydrogens (tertiary/aromatic N) is 5. The van der Waals surface area contributed by atoms with E-state index in [4.69, 9.17) is 4.98 Å². The molecule has 34 heavy (non-hydrogen) atoms. The summed E-state index contributed by atoms with van der Waals surface area (Å²) in [6, 6.07) is 19.1. The molecular formula is C26H21FN6O. The number of hydrogen-bond donors (Lipinski definition) is 1. The SMILES string of the molecule is O=c1ccc2cnc(Nc3ccc(-n4cccn4)cc3)nc2n1C(c1ccc(F)cc1)C1CC1. The van der Waals surface area contributed by atoms with E-state index in [-0.39, 0.29) is 17.4 Å². The van der Waals surface area contributed by atoms with Crippen LogP contribution >= 0.6 is 0 Å². The molecule has 2 aromatic carbocycles. The molecule has 0 saturated heterocycles. The van der Waals surface area contributed by atoms with Crippen LogP contribution in [0.1, 0.15) is 24.4 Å². The number of aromatic nitrogens is 5. The van der Waals surface area contributed by atoms with Gasteiger partial charge in [-0.05, 0) is 72.9 Å². The lowest BCUT2D eigenvalue weighted by atomic mass is 10.0. The van der Waals surface area contributed by atoms with Gasteiger partial charge in [-0.25, -0.2) is 14.1 Å². The lowest BCUT2D eigenvalue weighted by Gasteiger charge is -2.22. The maximum absolute atomic E-state index is 13.6. The highest BCUT2D eigenvalue weighted by Crippen LogP contribution is 2.43. The second kappa shape index (κ2) is 8.22. The van der Waals surface area contributed by atoms with Crippen molar-refractivity contribution in [1.29, 1.82) is 0 Å². The Labute approximate surface area is 194 Å². The van der Waals surface area contributed by atoms with E-state index in [9.17, 15) is 9.18 Å². The molecule has 1 aliphatic carbocycles. The summed E-state index contributed by atoms with van der Waals surface area (Å²) in [6.07, 6.45) is 7.36. The van der Waals surface area contributed by atoms with Crippen molar-refractivity contribution >= 4 is 22.7 Å². The smallest absolute Gasteiger partial charge is 0.252 e. The molecule has 6 rings (SSSR count). The maximum Gasteiger partial charge on any atom is 0.252 e. The minimum absolute atomic E-state index is 0.137. The van der Waals surface area contributed by atoms with Gasteiger partial charge in [-0.1, -0.05) is 12.1 Å². The van der Waals surface area contributed by atoms with E-state index in [0.717, 1.165) is 35.2 Å². The Kier molecular flexibility index (Phi) is 4.91. The van der Waals surface area contributed by atoms with Gasteiger partial charge in [0.05, 0.1) is 11.7 Å². The number of halogens is 1. The van der Waals surface area contributed by atoms with Crippen molar-refractivity contribution in [3.63, 3.8) is 0 Å². The van der Waals surface area contributed by atoms with Crippen LogP contribution in [0.25, 0.3) is 16.7 Å². The molecule has 3 aromatic heterocycles. The van der Waals surface area contributed by atoms with Gasteiger partial charge in [0.25, 0.3) is 5.56 Å². The average Bonchev–Trinajstić information content (AvgIpc) is 3.54. The molecule has 0 amide bonds. The number of nitrogens with one attached hydrogen (secondary N) is 1. The molecule has 168 valence electrons. The fourth-order valence-electron chi connectivity index (χ4n) is 4.32. The zero-order valence-electron chi connectivity index (χ0n) is 18.2. The van der Waals surface area contributed by atoms with E-state index in [2.05, 4.69) is 15.4 Å². The zero-order valence-corrected chi connectivity index (χ0v) is 18.2. The van der Waals surface area contributed by atoms with Crippen LogP contribution in [0.2, 0.25) is 0 Å². The van der Waals surface area contributed by atoms with Crippen LogP contribution in [0, 0.1) is 11.7 Å². The maximum atomic E-state index is 13.6. The van der Waals surface area contributed by atoms with Crippen molar-refractivity contribution in [3.8, 4) is 5.69 Å². The van der Waals surface area contributed by atoms with E-state index < -0.39 is 0 Å². The molecule has 1 fully saturated rings. The summed E-state index contributed by atoms with van der Waals surface area (Å²) in [4.78, 5) is 22.2. The average molecular weight is 452 g/mol. The first-order valence-corrected chi connectivity index (χ1v) is 11.2. The zero-order chi connectivity index (χ0) is 23.1. The summed E-state index contributed by atoms with van der Waals surface area (Å²) in [5, 5.41) is 8.24. The van der Waals surface area contributed by atoms with Crippen molar-refractivity contribution in [1.82, 2.24) is 24.3 Å². The standard InChI is InChI=1S/C26H21FN6O/c27-20-7-4-18(5-8-20)24(17-2-3-17)33-23(34)13-6-19-16-28-26(31-25(19)33)30-21-9-11-22(12-10-21)32-15-1-14-29-32/h1,4-17,24H,2-3H2,(H,28,30,31). The van der Waals surface area contributed by atoms with Gasteiger partial charge in [0.15, 0.2) is 0 Å². The fourth-order valence-corrected chi connectivity index (χ4v) is 4.32. The Hall–Kier alpha value is -4.33. The molecule has 1 N–H and O–H groups in total. The van der Waals surface area contributed by atoms with Crippen molar-refractivity contribution in [2.24, 2.45) is 5.92 Å². The van der Waals surface area contributed by atoms with Gasteiger partial charge in [0.2, 0.25) is 5.95 Å². The third kappa shape index (κ3) is 3.83. The predicted octanol–water partition coefficient (Wildman–Crippen LogP) is 4.86. The molecule has 0 radical (unpaired) electrons. The molecule has 7 nitrogen and oxygen atoms in total. The molecule has 1 aliphatic rings. The summed E-state index contributed by atoms with van der Waals surface area (Å²) < 4.78 is 17.1. The Bertz CT molecular complexity index is 1510. The van der Waals surface area contributed by atoms with Gasteiger partial charge >= 0.3 is 0 Å². The number of fused-ring (bicyclic) bond motifs is 1. The Morgan fingerprint density at radius 3 is 2.50 bits per heavy atom. The van der Waals surface area contributed by atoms with Gasteiger partial charge in [0.1, 0.15) is 11.5 Å². The summed E-state index contributed by atoms with van der Waals surface area (Å²) >= 11 is 0. The molecule has 5 aromatic rings. The highest BCUT2D eigenvalue weighted by atomic mass is 19.1. The van der Waals surface area contributed by atoms with E-state index in [0.29, 0.717) is 17.5 Å². The van der Waals surface area contributed by atoms with Crippen LogP contribution in [0.3, 0.4) is 0 Å². The summed E-state index contributed by atoms with van der Waals surface area (Å²) in [5.41, 5.74) is 3.08. The van der Waals surface area contributed by atoms with Crippen LogP contribution in [0.4, 0.5) is 16.0 Å². The van der Waals surface area contributed by atoms with Gasteiger partial charge in [-0.3, -0.25) is 9.36 Å². The molecule has 8 heteroatoms. The second-order valence-corrected chi connectivity index (χ2v) is 8.47. The molecular weight excluding hydrogens is 431 g/mol. The van der Waals surface area contributed by atoms with Gasteiger partial charge in [0, 0.05) is 35.7 Å². The van der Waals surface area contributed by atoms with Gasteiger partial charge in [-0.15, -0.1) is 0 Å². The molecule has 1 atom stereocenters. The van der Waals surface area contributed by atoms with Crippen LogP contribution in [-0.4, -0.2) is 24.3 Å². The number of pyridine rings is 1. The molecule has 0 bridgehead atoms. The first kappa shape index (κ1) is 20.3. The lowest BCUT2D eigenvalue weighted by molar-refractivity contribution is 0.515. The van der Waals surface area contributed by atoms with E-state index in [1.54, 1.807) is 45.9 Å². The minimum Gasteiger partial charge on any atom is -0.324 e. The highest BCUT2D eigenvalue weighted by Gasteiger charge is 2.35. The molecule has 0 spiro atoms. The topological polar surface area (TPSA) is 77.6 Å². The predicted molar refractivity (Wildman–Crippen MR) is 128 cm³/mol. The Balaban J connectivity index is 1.38. The number of rotatable bonds is 6. The van der Waals surface area contributed by atoms with E-state index >= 15 is 0 Å². The monoisotopic (exact) mass is 452 g/mol. The second-order valence-electron chi connectivity index (χ2n) is 8.47. The highest BCUT2D eigenvalue weighted by molar-refractivity contribution is 5.76. The van der Waals surface area contributed by atoms with Crippen LogP contribution in [-0.2, 0) is 0 Å². The number of anilines is 2. The number of benzene rings is 2. The molecule has 1 saturated carbocycles. The summed E-state index contributed by atoms with van der Waals surface area (Å²) in [5.74, 6) is 0.415. The van der Waals surface area contributed by atoms with Crippen molar-refractivity contribution in [3.05, 3.63) is 107 Å². The largest absolute Gasteiger partial charge is 0.324 e. The quantitative estimate of drug-likeness (QED) is 0.398. The Morgan fingerprint density at radius 2 is 1.79 bits per heavy atom. The molecule has 3 heterocycles. The van der Waals surface area contributed by atoms with E-state index in [1.807, 2.05) is 36.5 Å². The van der Waals surface area contributed by atoms with Crippen molar-refractivity contribution in [2.75, 3.05) is 5.32 Å². The normalized spacial score (nSPS) is 14.3. The number of hydrogen-bond acceptors (Lipinski definition) is 5. The van der Waals surface area contributed by atoms with E-state index in [1.165, 1.54) is 12.1 Å². The first-order chi connectivity index (χ1) is 16.7. The first-order valence-electron chi connectivity index (χ1n) is 11.2.